The Morgan fingerprint density at radius 3 is 2.77 bits per heavy atom. The molecule has 7 heteroatoms. The number of carbonyl (C=O) groups is 1. The Bertz CT molecular complexity index is 613. The highest BCUT2D eigenvalue weighted by atomic mass is 32.2. The molecule has 0 radical (unpaired) electrons. The first-order valence-corrected chi connectivity index (χ1v) is 9.31. The zero-order valence-corrected chi connectivity index (χ0v) is 13.8. The fraction of sp³-hybridized carbons (Fsp3) is 0.600. The largest absolute Gasteiger partial charge is 0.383 e. The molecule has 1 aromatic heterocycles. The first-order chi connectivity index (χ1) is 10.4. The molecule has 122 valence electrons. The van der Waals surface area contributed by atoms with Crippen molar-refractivity contribution in [2.45, 2.75) is 18.6 Å². The lowest BCUT2D eigenvalue weighted by molar-refractivity contribution is -0.128. The Hall–Kier alpha value is -1.47. The predicted octanol–water partition coefficient (Wildman–Crippen LogP) is 0.664. The molecular formula is C15H22N2O4S. The number of carbonyl (C=O) groups excluding carboxylic acids is 1. The van der Waals surface area contributed by atoms with Crippen molar-refractivity contribution < 1.29 is 17.9 Å². The van der Waals surface area contributed by atoms with E-state index < -0.39 is 9.84 Å². The van der Waals surface area contributed by atoms with Crippen molar-refractivity contribution in [3.63, 3.8) is 0 Å². The molecule has 1 amide bonds. The van der Waals surface area contributed by atoms with Crippen LogP contribution in [-0.2, 0) is 31.5 Å². The van der Waals surface area contributed by atoms with Crippen molar-refractivity contribution >= 4 is 15.7 Å². The lowest BCUT2D eigenvalue weighted by Crippen LogP contribution is -2.28. The molecule has 6 nitrogen and oxygen atoms in total. The van der Waals surface area contributed by atoms with Gasteiger partial charge >= 0.3 is 0 Å². The summed E-state index contributed by atoms with van der Waals surface area (Å²) >= 11 is 0. The van der Waals surface area contributed by atoms with Crippen LogP contribution in [0.5, 0.6) is 0 Å². The lowest BCUT2D eigenvalue weighted by atomic mass is 10.0. The third-order valence-corrected chi connectivity index (χ3v) is 4.53. The van der Waals surface area contributed by atoms with Crippen molar-refractivity contribution in [3.05, 3.63) is 29.6 Å². The first kappa shape index (κ1) is 16.9. The van der Waals surface area contributed by atoms with Crippen LogP contribution in [0.3, 0.4) is 0 Å². The van der Waals surface area contributed by atoms with Gasteiger partial charge in [0.15, 0.2) is 9.84 Å². The van der Waals surface area contributed by atoms with Crippen molar-refractivity contribution in [1.82, 2.24) is 9.88 Å². The number of likely N-dealkylation sites (tertiary alicyclic amines) is 1. The molecule has 2 rings (SSSR count). The van der Waals surface area contributed by atoms with E-state index in [1.807, 2.05) is 11.0 Å². The van der Waals surface area contributed by atoms with Crippen LogP contribution >= 0.6 is 0 Å². The Morgan fingerprint density at radius 1 is 1.41 bits per heavy atom. The second-order valence-corrected chi connectivity index (χ2v) is 7.97. The second kappa shape index (κ2) is 7.19. The number of nitrogens with zero attached hydrogens (tertiary/aromatic N) is 2. The molecule has 1 atom stereocenters. The number of ether oxygens (including phenoxy) is 1. The lowest BCUT2D eigenvalue weighted by Gasteiger charge is -2.15. The number of sulfone groups is 1. The maximum Gasteiger partial charge on any atom is 0.223 e. The number of aromatic nitrogens is 1. The Kier molecular flexibility index (Phi) is 5.52. The van der Waals surface area contributed by atoms with Crippen molar-refractivity contribution in [1.29, 1.82) is 0 Å². The van der Waals surface area contributed by atoms with Gasteiger partial charge < -0.3 is 9.64 Å². The highest BCUT2D eigenvalue weighted by Crippen LogP contribution is 2.21. The van der Waals surface area contributed by atoms with Crippen LogP contribution in [0.1, 0.15) is 17.7 Å². The quantitative estimate of drug-likeness (QED) is 0.736. The SMILES string of the molecule is COCCN1C[C@H](Cc2ccc(CS(C)(=O)=O)cn2)CC1=O. The first-order valence-electron chi connectivity index (χ1n) is 7.25. The van der Waals surface area contributed by atoms with Crippen LogP contribution in [-0.4, -0.2) is 57.3 Å². The van der Waals surface area contributed by atoms with Crippen LogP contribution in [0.4, 0.5) is 0 Å². The molecular weight excluding hydrogens is 304 g/mol. The van der Waals surface area contributed by atoms with E-state index in [9.17, 15) is 13.2 Å². The van der Waals surface area contributed by atoms with Crippen LogP contribution < -0.4 is 0 Å². The Morgan fingerprint density at radius 2 is 2.18 bits per heavy atom. The van der Waals surface area contributed by atoms with Gasteiger partial charge in [0.2, 0.25) is 5.91 Å². The van der Waals surface area contributed by atoms with E-state index in [1.54, 1.807) is 19.4 Å². The normalized spacial score (nSPS) is 18.9. The van der Waals surface area contributed by atoms with E-state index in [0.717, 1.165) is 18.7 Å². The van der Waals surface area contributed by atoms with Gasteiger partial charge in [-0.25, -0.2) is 8.42 Å². The molecule has 1 fully saturated rings. The second-order valence-electron chi connectivity index (χ2n) is 5.83. The molecule has 0 aromatic carbocycles. The molecule has 1 aliphatic heterocycles. The summed E-state index contributed by atoms with van der Waals surface area (Å²) in [5.74, 6) is 0.431. The molecule has 0 N–H and O–H groups in total. The fourth-order valence-corrected chi connectivity index (χ4v) is 3.44. The molecule has 0 aliphatic carbocycles. The standard InChI is InChI=1S/C15H22N2O4S/c1-21-6-5-17-10-13(8-15(17)18)7-14-4-3-12(9-16-14)11-22(2,19)20/h3-4,9,13H,5-8,10-11H2,1-2H3/t13-/m1/s1. The van der Waals surface area contributed by atoms with Crippen LogP contribution in [0.25, 0.3) is 0 Å². The van der Waals surface area contributed by atoms with E-state index in [2.05, 4.69) is 4.98 Å². The zero-order valence-electron chi connectivity index (χ0n) is 13.0. The monoisotopic (exact) mass is 326 g/mol. The Labute approximate surface area is 131 Å². The summed E-state index contributed by atoms with van der Waals surface area (Å²) in [5.41, 5.74) is 1.58. The minimum absolute atomic E-state index is 0.00693. The van der Waals surface area contributed by atoms with Crippen LogP contribution in [0.2, 0.25) is 0 Å². The highest BCUT2D eigenvalue weighted by molar-refractivity contribution is 7.89. The molecule has 0 bridgehead atoms. The van der Waals surface area contributed by atoms with Crippen LogP contribution in [0.15, 0.2) is 18.3 Å². The van der Waals surface area contributed by atoms with Gasteiger partial charge in [0.25, 0.3) is 0 Å². The number of methoxy groups -OCH3 is 1. The number of hydrogen-bond acceptors (Lipinski definition) is 5. The van der Waals surface area contributed by atoms with Crippen LogP contribution in [0, 0.1) is 5.92 Å². The van der Waals surface area contributed by atoms with Gasteiger partial charge in [0.05, 0.1) is 12.4 Å². The minimum Gasteiger partial charge on any atom is -0.383 e. The maximum atomic E-state index is 11.9. The highest BCUT2D eigenvalue weighted by Gasteiger charge is 2.29. The van der Waals surface area contributed by atoms with Gasteiger partial charge in [-0.2, -0.15) is 0 Å². The third kappa shape index (κ3) is 5.06. The fourth-order valence-electron chi connectivity index (χ4n) is 2.67. The smallest absolute Gasteiger partial charge is 0.223 e. The van der Waals surface area contributed by atoms with Crippen molar-refractivity contribution in [3.8, 4) is 0 Å². The average molecular weight is 326 g/mol. The molecule has 0 spiro atoms. The average Bonchev–Trinajstić information content (AvgIpc) is 2.77. The Balaban J connectivity index is 1.90. The molecule has 1 aliphatic rings. The topological polar surface area (TPSA) is 76.6 Å². The predicted molar refractivity (Wildman–Crippen MR) is 83.1 cm³/mol. The van der Waals surface area contributed by atoms with E-state index in [-0.39, 0.29) is 17.6 Å². The van der Waals surface area contributed by atoms with Gasteiger partial charge in [-0.1, -0.05) is 6.07 Å². The molecule has 0 saturated carbocycles. The summed E-state index contributed by atoms with van der Waals surface area (Å²) < 4.78 is 27.5. The summed E-state index contributed by atoms with van der Waals surface area (Å²) in [6, 6.07) is 3.64. The summed E-state index contributed by atoms with van der Waals surface area (Å²) in [6.07, 6.45) is 4.08. The molecule has 0 unspecified atom stereocenters. The van der Waals surface area contributed by atoms with Gasteiger partial charge in [0.1, 0.15) is 0 Å². The summed E-state index contributed by atoms with van der Waals surface area (Å²) in [4.78, 5) is 18.0. The number of amides is 1. The van der Waals surface area contributed by atoms with E-state index >= 15 is 0 Å². The van der Waals surface area contributed by atoms with Gasteiger partial charge in [0, 0.05) is 44.8 Å². The number of pyridine rings is 1. The molecule has 1 aromatic rings. The number of hydrogen-bond donors (Lipinski definition) is 0. The van der Waals surface area contributed by atoms with E-state index in [4.69, 9.17) is 4.74 Å². The van der Waals surface area contributed by atoms with Gasteiger partial charge in [-0.15, -0.1) is 0 Å². The summed E-state index contributed by atoms with van der Waals surface area (Å²) in [5, 5.41) is 0. The van der Waals surface area contributed by atoms with Crippen molar-refractivity contribution in [2.24, 2.45) is 5.92 Å². The minimum atomic E-state index is -3.04. The molecule has 22 heavy (non-hydrogen) atoms. The van der Waals surface area contributed by atoms with E-state index in [1.165, 1.54) is 6.26 Å². The van der Waals surface area contributed by atoms with Crippen molar-refractivity contribution in [2.75, 3.05) is 33.1 Å². The molecule has 1 saturated heterocycles. The van der Waals surface area contributed by atoms with Gasteiger partial charge in [-0.3, -0.25) is 9.78 Å². The van der Waals surface area contributed by atoms with Gasteiger partial charge in [-0.05, 0) is 24.0 Å². The molecule has 2 heterocycles. The zero-order chi connectivity index (χ0) is 16.2. The summed E-state index contributed by atoms with van der Waals surface area (Å²) in [7, 11) is -1.41. The van der Waals surface area contributed by atoms with E-state index in [0.29, 0.717) is 25.1 Å². The third-order valence-electron chi connectivity index (χ3n) is 3.67. The number of rotatable bonds is 7. The summed E-state index contributed by atoms with van der Waals surface area (Å²) in [6.45, 7) is 1.92. The maximum absolute atomic E-state index is 11.9.